The highest BCUT2D eigenvalue weighted by Crippen LogP contribution is 2.28. The average Bonchev–Trinajstić information content (AvgIpc) is 3.44. The fourth-order valence-electron chi connectivity index (χ4n) is 4.17. The van der Waals surface area contributed by atoms with Gasteiger partial charge < -0.3 is 9.64 Å². The highest BCUT2D eigenvalue weighted by Gasteiger charge is 2.31. The first-order chi connectivity index (χ1) is 15.0. The lowest BCUT2D eigenvalue weighted by Crippen LogP contribution is -2.42. The van der Waals surface area contributed by atoms with Crippen LogP contribution in [0, 0.1) is 13.8 Å². The molecule has 162 valence electrons. The zero-order valence-electron chi connectivity index (χ0n) is 18.1. The maximum Gasteiger partial charge on any atom is 0.268 e. The van der Waals surface area contributed by atoms with E-state index >= 15 is 0 Å². The van der Waals surface area contributed by atoms with Gasteiger partial charge in [-0.05, 0) is 61.4 Å². The summed E-state index contributed by atoms with van der Waals surface area (Å²) < 4.78 is 6.59. The molecule has 0 bridgehead atoms. The Hall–Kier alpha value is -2.93. The number of aryl methyl sites for hydroxylation is 2. The smallest absolute Gasteiger partial charge is 0.268 e. The summed E-state index contributed by atoms with van der Waals surface area (Å²) >= 11 is 1.66. The summed E-state index contributed by atoms with van der Waals surface area (Å²) in [7, 11) is 1.55. The van der Waals surface area contributed by atoms with Crippen molar-refractivity contribution in [1.29, 1.82) is 0 Å². The second-order valence-electron chi connectivity index (χ2n) is 8.01. The number of carbonyl (C=O) groups is 1. The standard InChI is InChI=1S/C24H27N3O3S/c1-16-11-13-31-20(16)15-27(18-6-4-5-7-18)24(29)22-17(2)10-12-26(23(22)28)19-8-9-21(30-3)25-14-19/h8-14,18H,4-7,15H2,1-3H3. The van der Waals surface area contributed by atoms with E-state index in [9.17, 15) is 9.59 Å². The van der Waals surface area contributed by atoms with Crippen LogP contribution in [0.3, 0.4) is 0 Å². The Morgan fingerprint density at radius 3 is 2.58 bits per heavy atom. The zero-order valence-corrected chi connectivity index (χ0v) is 18.9. The van der Waals surface area contributed by atoms with Crippen LogP contribution in [0.25, 0.3) is 5.69 Å². The van der Waals surface area contributed by atoms with Crippen molar-refractivity contribution >= 4 is 17.2 Å². The van der Waals surface area contributed by atoms with Gasteiger partial charge in [0.05, 0.1) is 25.5 Å². The van der Waals surface area contributed by atoms with Crippen molar-refractivity contribution in [2.24, 2.45) is 0 Å². The monoisotopic (exact) mass is 437 g/mol. The fraction of sp³-hybridized carbons (Fsp3) is 0.375. The number of rotatable bonds is 6. The van der Waals surface area contributed by atoms with Crippen LogP contribution in [0.5, 0.6) is 5.88 Å². The number of hydrogen-bond acceptors (Lipinski definition) is 5. The molecule has 7 heteroatoms. The van der Waals surface area contributed by atoms with E-state index in [1.54, 1.807) is 43.0 Å². The Morgan fingerprint density at radius 2 is 1.97 bits per heavy atom. The molecule has 1 saturated carbocycles. The summed E-state index contributed by atoms with van der Waals surface area (Å²) in [6, 6.07) is 7.54. The van der Waals surface area contributed by atoms with Crippen LogP contribution in [-0.2, 0) is 6.54 Å². The van der Waals surface area contributed by atoms with Crippen LogP contribution in [0.15, 0.2) is 46.8 Å². The van der Waals surface area contributed by atoms with Gasteiger partial charge in [-0.25, -0.2) is 4.98 Å². The molecule has 0 spiro atoms. The molecule has 1 aliphatic rings. The number of thiophene rings is 1. The van der Waals surface area contributed by atoms with Crippen molar-refractivity contribution < 1.29 is 9.53 Å². The number of aromatic nitrogens is 2. The molecule has 1 fully saturated rings. The summed E-state index contributed by atoms with van der Waals surface area (Å²) in [5.41, 5.74) is 2.40. The zero-order chi connectivity index (χ0) is 22.0. The third kappa shape index (κ3) is 4.28. The van der Waals surface area contributed by atoms with Crippen molar-refractivity contribution in [3.8, 4) is 11.6 Å². The van der Waals surface area contributed by atoms with Crippen LogP contribution in [0.2, 0.25) is 0 Å². The van der Waals surface area contributed by atoms with E-state index in [2.05, 4.69) is 23.4 Å². The minimum absolute atomic E-state index is 0.170. The Morgan fingerprint density at radius 1 is 1.19 bits per heavy atom. The van der Waals surface area contributed by atoms with Gasteiger partial charge in [-0.15, -0.1) is 11.3 Å². The molecule has 0 N–H and O–H groups in total. The molecule has 3 heterocycles. The van der Waals surface area contributed by atoms with Crippen LogP contribution < -0.4 is 10.3 Å². The Balaban J connectivity index is 1.74. The highest BCUT2D eigenvalue weighted by molar-refractivity contribution is 7.10. The van der Waals surface area contributed by atoms with E-state index in [4.69, 9.17) is 4.74 Å². The number of ether oxygens (including phenoxy) is 1. The third-order valence-corrected chi connectivity index (χ3v) is 7.04. The lowest BCUT2D eigenvalue weighted by Gasteiger charge is -2.29. The maximum atomic E-state index is 13.8. The molecule has 6 nitrogen and oxygen atoms in total. The Labute approximate surface area is 186 Å². The van der Waals surface area contributed by atoms with E-state index in [0.717, 1.165) is 25.7 Å². The second-order valence-corrected chi connectivity index (χ2v) is 9.01. The molecule has 0 unspecified atom stereocenters. The number of methoxy groups -OCH3 is 1. The van der Waals surface area contributed by atoms with E-state index in [1.165, 1.54) is 15.0 Å². The third-order valence-electron chi connectivity index (χ3n) is 6.03. The second kappa shape index (κ2) is 9.06. The van der Waals surface area contributed by atoms with Crippen molar-refractivity contribution in [3.05, 3.63) is 74.0 Å². The van der Waals surface area contributed by atoms with Gasteiger partial charge in [0.1, 0.15) is 5.56 Å². The van der Waals surface area contributed by atoms with Crippen molar-refractivity contribution in [3.63, 3.8) is 0 Å². The fourth-order valence-corrected chi connectivity index (χ4v) is 5.08. The van der Waals surface area contributed by atoms with Gasteiger partial charge in [0.2, 0.25) is 5.88 Å². The minimum atomic E-state index is -0.317. The molecule has 1 aliphatic carbocycles. The van der Waals surface area contributed by atoms with Crippen LogP contribution in [0.4, 0.5) is 0 Å². The van der Waals surface area contributed by atoms with Crippen molar-refractivity contribution in [2.75, 3.05) is 7.11 Å². The summed E-state index contributed by atoms with van der Waals surface area (Å²) in [5.74, 6) is 0.289. The molecule has 0 saturated heterocycles. The van der Waals surface area contributed by atoms with Gasteiger partial charge >= 0.3 is 0 Å². The first kappa shape index (κ1) is 21.3. The quantitative estimate of drug-likeness (QED) is 0.569. The highest BCUT2D eigenvalue weighted by atomic mass is 32.1. The van der Waals surface area contributed by atoms with Gasteiger partial charge in [0, 0.05) is 23.2 Å². The van der Waals surface area contributed by atoms with Gasteiger partial charge in [-0.2, -0.15) is 0 Å². The first-order valence-electron chi connectivity index (χ1n) is 10.6. The maximum absolute atomic E-state index is 13.8. The van der Waals surface area contributed by atoms with Gasteiger partial charge in [-0.3, -0.25) is 14.2 Å². The molecule has 31 heavy (non-hydrogen) atoms. The predicted octanol–water partition coefficient (Wildman–Crippen LogP) is 4.50. The lowest BCUT2D eigenvalue weighted by atomic mass is 10.1. The number of hydrogen-bond donors (Lipinski definition) is 0. The number of carbonyl (C=O) groups excluding carboxylic acids is 1. The number of amides is 1. The molecule has 0 atom stereocenters. The van der Waals surface area contributed by atoms with Crippen molar-refractivity contribution in [2.45, 2.75) is 52.1 Å². The number of nitrogens with zero attached hydrogens (tertiary/aromatic N) is 3. The molecule has 0 radical (unpaired) electrons. The molecular weight excluding hydrogens is 410 g/mol. The van der Waals surface area contributed by atoms with Gasteiger partial charge in [0.25, 0.3) is 11.5 Å². The Kier molecular flexibility index (Phi) is 6.23. The topological polar surface area (TPSA) is 64.4 Å². The SMILES string of the molecule is COc1ccc(-n2ccc(C)c(C(=O)N(Cc3sccc3C)C3CCCC3)c2=O)cn1. The van der Waals surface area contributed by atoms with E-state index < -0.39 is 0 Å². The minimum Gasteiger partial charge on any atom is -0.481 e. The first-order valence-corrected chi connectivity index (χ1v) is 11.4. The Bertz CT molecular complexity index is 1130. The van der Waals surface area contributed by atoms with Crippen LogP contribution in [-0.4, -0.2) is 33.5 Å². The normalized spacial score (nSPS) is 14.0. The van der Waals surface area contributed by atoms with Gasteiger partial charge in [-0.1, -0.05) is 12.8 Å². The number of pyridine rings is 2. The van der Waals surface area contributed by atoms with Crippen LogP contribution >= 0.6 is 11.3 Å². The molecule has 3 aromatic heterocycles. The molecular formula is C24H27N3O3S. The van der Waals surface area contributed by atoms with Gasteiger partial charge in [0.15, 0.2) is 0 Å². The molecule has 1 amide bonds. The molecule has 0 aromatic carbocycles. The van der Waals surface area contributed by atoms with E-state index in [1.807, 2.05) is 17.9 Å². The molecule has 3 aromatic rings. The van der Waals surface area contributed by atoms with E-state index in [0.29, 0.717) is 23.7 Å². The summed E-state index contributed by atoms with van der Waals surface area (Å²) in [6.45, 7) is 4.44. The predicted molar refractivity (Wildman–Crippen MR) is 122 cm³/mol. The average molecular weight is 438 g/mol. The largest absolute Gasteiger partial charge is 0.481 e. The summed E-state index contributed by atoms with van der Waals surface area (Å²) in [4.78, 5) is 34.5. The van der Waals surface area contributed by atoms with E-state index in [-0.39, 0.29) is 23.1 Å². The molecule has 0 aliphatic heterocycles. The lowest BCUT2D eigenvalue weighted by molar-refractivity contribution is 0.0663. The summed E-state index contributed by atoms with van der Waals surface area (Å²) in [6.07, 6.45) is 7.48. The van der Waals surface area contributed by atoms with Crippen LogP contribution in [0.1, 0.15) is 52.0 Å². The molecule has 4 rings (SSSR count). The van der Waals surface area contributed by atoms with Crippen molar-refractivity contribution in [1.82, 2.24) is 14.5 Å². The summed E-state index contributed by atoms with van der Waals surface area (Å²) in [5, 5.41) is 2.05.